The molecule has 0 aromatic heterocycles. The van der Waals surface area contributed by atoms with Crippen LogP contribution in [0.5, 0.6) is 0 Å². The molecule has 1 heterocycles. The van der Waals surface area contributed by atoms with E-state index in [0.29, 0.717) is 0 Å². The highest BCUT2D eigenvalue weighted by Gasteiger charge is 2.13. The first-order valence-electron chi connectivity index (χ1n) is 5.58. The van der Waals surface area contributed by atoms with Crippen LogP contribution in [-0.2, 0) is 0 Å². The molecule has 0 bridgehead atoms. The van der Waals surface area contributed by atoms with Crippen LogP contribution in [0.4, 0.5) is 0 Å². The van der Waals surface area contributed by atoms with Gasteiger partial charge in [0.05, 0.1) is 8.07 Å². The van der Waals surface area contributed by atoms with Crippen LogP contribution >= 0.6 is 0 Å². The lowest BCUT2D eigenvalue weighted by Crippen LogP contribution is -2.15. The first-order valence-corrected chi connectivity index (χ1v) is 8.73. The molecule has 0 saturated heterocycles. The van der Waals surface area contributed by atoms with Gasteiger partial charge in [-0.2, -0.15) is 0 Å². The van der Waals surface area contributed by atoms with Crippen molar-refractivity contribution in [3.8, 4) is 0 Å². The van der Waals surface area contributed by atoms with Crippen molar-refractivity contribution < 1.29 is 0 Å². The van der Waals surface area contributed by atoms with Gasteiger partial charge in [-0.15, -0.1) is 0 Å². The van der Waals surface area contributed by atoms with E-state index in [1.54, 1.807) is 0 Å². The molecule has 0 aromatic rings. The van der Waals surface area contributed by atoms with Crippen LogP contribution in [0.2, 0.25) is 13.1 Å². The van der Waals surface area contributed by atoms with Gasteiger partial charge in [0.1, 0.15) is 0 Å². The summed E-state index contributed by atoms with van der Waals surface area (Å²) in [5.74, 6) is 0. The molecule has 0 unspecified atom stereocenters. The number of hydrogen-bond acceptors (Lipinski definition) is 0. The summed E-state index contributed by atoms with van der Waals surface area (Å²) < 4.78 is 0. The van der Waals surface area contributed by atoms with Crippen molar-refractivity contribution in [2.24, 2.45) is 0 Å². The first kappa shape index (κ1) is 18.5. The highest BCUT2D eigenvalue weighted by atomic mass is 28.3. The predicted molar refractivity (Wildman–Crippen MR) is 69.8 cm³/mol. The molecule has 0 saturated carbocycles. The van der Waals surface area contributed by atoms with Crippen LogP contribution in [-0.4, -0.2) is 8.07 Å². The van der Waals surface area contributed by atoms with Crippen molar-refractivity contribution in [1.82, 2.24) is 0 Å². The Morgan fingerprint density at radius 2 is 0.846 bits per heavy atom. The van der Waals surface area contributed by atoms with E-state index < -0.39 is 8.07 Å². The van der Waals surface area contributed by atoms with E-state index in [1.165, 1.54) is 0 Å². The standard InChI is InChI=1S/C6H10Si.3C2H6/c1-7(2)5-3-4-6-7;3*1-2/h3-6H,1-2H3;3*1-2H3. The minimum Gasteiger partial charge on any atom is -0.0908 e. The fourth-order valence-electron chi connectivity index (χ4n) is 0.663. The average Bonchev–Trinajstić information content (AvgIpc) is 2.60. The zero-order valence-corrected chi connectivity index (χ0v) is 11.8. The maximum atomic E-state index is 2.33. The maximum Gasteiger partial charge on any atom is 0.0954 e. The summed E-state index contributed by atoms with van der Waals surface area (Å²) in [5.41, 5.74) is 4.65. The summed E-state index contributed by atoms with van der Waals surface area (Å²) in [4.78, 5) is 0. The van der Waals surface area contributed by atoms with Crippen molar-refractivity contribution >= 4 is 8.07 Å². The van der Waals surface area contributed by atoms with Gasteiger partial charge in [-0.25, -0.2) is 0 Å². The Labute approximate surface area is 86.8 Å². The molecule has 1 heteroatoms. The second-order valence-corrected chi connectivity index (χ2v) is 6.85. The molecule has 80 valence electrons. The zero-order valence-electron chi connectivity index (χ0n) is 10.8. The largest absolute Gasteiger partial charge is 0.0954 e. The van der Waals surface area contributed by atoms with Gasteiger partial charge in [0.15, 0.2) is 0 Å². The third-order valence-corrected chi connectivity index (χ3v) is 3.27. The van der Waals surface area contributed by atoms with Crippen molar-refractivity contribution in [3.63, 3.8) is 0 Å². The Morgan fingerprint density at radius 1 is 0.615 bits per heavy atom. The number of hydrogen-bond donors (Lipinski definition) is 0. The van der Waals surface area contributed by atoms with E-state index in [2.05, 4.69) is 36.6 Å². The van der Waals surface area contributed by atoms with E-state index in [-0.39, 0.29) is 0 Å². The molecule has 0 N–H and O–H groups in total. The van der Waals surface area contributed by atoms with E-state index in [4.69, 9.17) is 0 Å². The van der Waals surface area contributed by atoms with Crippen molar-refractivity contribution in [2.75, 3.05) is 0 Å². The third-order valence-electron chi connectivity index (χ3n) is 1.16. The average molecular weight is 200 g/mol. The van der Waals surface area contributed by atoms with E-state index in [0.717, 1.165) is 0 Å². The van der Waals surface area contributed by atoms with Gasteiger partial charge in [-0.05, 0) is 0 Å². The molecule has 0 nitrogen and oxygen atoms in total. The van der Waals surface area contributed by atoms with Crippen LogP contribution in [0.15, 0.2) is 23.6 Å². The third kappa shape index (κ3) is 14.5. The molecule has 0 fully saturated rings. The van der Waals surface area contributed by atoms with E-state index in [1.807, 2.05) is 41.5 Å². The van der Waals surface area contributed by atoms with Gasteiger partial charge >= 0.3 is 0 Å². The molecule has 1 aliphatic heterocycles. The summed E-state index contributed by atoms with van der Waals surface area (Å²) in [6, 6.07) is 0. The maximum absolute atomic E-state index is 2.33. The van der Waals surface area contributed by atoms with Gasteiger partial charge in [0.2, 0.25) is 0 Å². The molecule has 0 atom stereocenters. The van der Waals surface area contributed by atoms with Crippen LogP contribution in [0.1, 0.15) is 41.5 Å². The predicted octanol–water partition coefficient (Wildman–Crippen LogP) is 4.98. The van der Waals surface area contributed by atoms with E-state index in [9.17, 15) is 0 Å². The van der Waals surface area contributed by atoms with Gasteiger partial charge in [-0.3, -0.25) is 0 Å². The molecule has 1 rings (SSSR count). The molecule has 0 radical (unpaired) electrons. The molecule has 0 spiro atoms. The molecule has 0 amide bonds. The smallest absolute Gasteiger partial charge is 0.0908 e. The molecule has 0 aromatic carbocycles. The monoisotopic (exact) mass is 200 g/mol. The number of rotatable bonds is 0. The van der Waals surface area contributed by atoms with Crippen LogP contribution < -0.4 is 0 Å². The topological polar surface area (TPSA) is 0 Å². The molecular weight excluding hydrogens is 172 g/mol. The summed E-state index contributed by atoms with van der Waals surface area (Å²) in [6.45, 7) is 16.7. The van der Waals surface area contributed by atoms with Crippen molar-refractivity contribution in [2.45, 2.75) is 54.6 Å². The minimum absolute atomic E-state index is 0.901. The minimum atomic E-state index is -0.901. The Bertz CT molecular complexity index is 107. The van der Waals surface area contributed by atoms with Crippen molar-refractivity contribution in [3.05, 3.63) is 23.6 Å². The fourth-order valence-corrected chi connectivity index (χ4v) is 1.99. The van der Waals surface area contributed by atoms with Crippen LogP contribution in [0, 0.1) is 0 Å². The highest BCUT2D eigenvalue weighted by Crippen LogP contribution is 2.10. The van der Waals surface area contributed by atoms with E-state index >= 15 is 0 Å². The Kier molecular flexibility index (Phi) is 20.2. The SMILES string of the molecule is CC.CC.CC.C[Si]1(C)C=CC=C1. The lowest BCUT2D eigenvalue weighted by Gasteiger charge is -2.04. The second-order valence-electron chi connectivity index (χ2n) is 2.54. The lowest BCUT2D eigenvalue weighted by atomic mass is 10.6. The molecule has 0 aliphatic carbocycles. The van der Waals surface area contributed by atoms with Crippen molar-refractivity contribution in [1.29, 1.82) is 0 Å². The van der Waals surface area contributed by atoms with Gasteiger partial charge < -0.3 is 0 Å². The summed E-state index contributed by atoms with van der Waals surface area (Å²) >= 11 is 0. The highest BCUT2D eigenvalue weighted by molar-refractivity contribution is 6.87. The number of allylic oxidation sites excluding steroid dienone is 2. The van der Waals surface area contributed by atoms with Crippen LogP contribution in [0.3, 0.4) is 0 Å². The summed E-state index contributed by atoms with van der Waals surface area (Å²) in [6.07, 6.45) is 4.29. The second kappa shape index (κ2) is 14.2. The molecule has 13 heavy (non-hydrogen) atoms. The van der Waals surface area contributed by atoms with Gasteiger partial charge in [0, 0.05) is 0 Å². The lowest BCUT2D eigenvalue weighted by molar-refractivity contribution is 1.50. The normalized spacial score (nSPS) is 14.2. The summed E-state index contributed by atoms with van der Waals surface area (Å²) in [7, 11) is -0.901. The summed E-state index contributed by atoms with van der Waals surface area (Å²) in [5, 5.41) is 0. The van der Waals surface area contributed by atoms with Crippen LogP contribution in [0.25, 0.3) is 0 Å². The zero-order chi connectivity index (χ0) is 11.3. The van der Waals surface area contributed by atoms with Gasteiger partial charge in [-0.1, -0.05) is 78.2 Å². The fraction of sp³-hybridized carbons (Fsp3) is 0.667. The Balaban J connectivity index is -0.000000144. The Morgan fingerprint density at radius 3 is 0.923 bits per heavy atom. The molecular formula is C12H28Si. The molecule has 1 aliphatic rings. The Hall–Kier alpha value is -0.303. The van der Waals surface area contributed by atoms with Gasteiger partial charge in [0.25, 0.3) is 0 Å². The first-order chi connectivity index (χ1) is 6.21. The quantitative estimate of drug-likeness (QED) is 0.484.